The fourth-order valence-electron chi connectivity index (χ4n) is 8.46. The highest BCUT2D eigenvalue weighted by molar-refractivity contribution is 6.99. The summed E-state index contributed by atoms with van der Waals surface area (Å²) in [6, 6.07) is 45.8. The van der Waals surface area contributed by atoms with Crippen molar-refractivity contribution < 1.29 is 23.9 Å². The molecule has 5 aromatic carbocycles. The summed E-state index contributed by atoms with van der Waals surface area (Å²) in [7, 11) is -2.82. The molecule has 0 aliphatic carbocycles. The molecular weight excluding hydrogens is 761 g/mol. The first-order valence-corrected chi connectivity index (χ1v) is 23.1. The Bertz CT molecular complexity index is 2140. The predicted octanol–water partition coefficient (Wildman–Crippen LogP) is 8.70. The zero-order chi connectivity index (χ0) is 43.6. The second kappa shape index (κ2) is 19.9. The first kappa shape index (κ1) is 45.9. The van der Waals surface area contributed by atoms with Crippen molar-refractivity contribution in [2.24, 2.45) is 0 Å². The third-order valence-corrected chi connectivity index (χ3v) is 16.5. The average molecular weight is 825 g/mol. The molecular formula is C52H64N2O5Si. The summed E-state index contributed by atoms with van der Waals surface area (Å²) in [4.78, 5) is 46.2. The van der Waals surface area contributed by atoms with Crippen molar-refractivity contribution in [3.8, 4) is 0 Å². The van der Waals surface area contributed by atoms with E-state index in [4.69, 9.17) is 4.43 Å². The number of carbonyl (C=O) groups is 3. The van der Waals surface area contributed by atoms with E-state index in [1.165, 1.54) is 10.4 Å². The van der Waals surface area contributed by atoms with Crippen molar-refractivity contribution in [3.05, 3.63) is 167 Å². The van der Waals surface area contributed by atoms with Crippen LogP contribution < -0.4 is 10.4 Å². The van der Waals surface area contributed by atoms with Gasteiger partial charge in [-0.3, -0.25) is 14.4 Å². The van der Waals surface area contributed by atoms with E-state index in [2.05, 4.69) is 69.3 Å². The standard InChI is InChI=1S/C52H64N2O5Si/c1-50(2,3)53(35-37-59-60(51(4,5)6,44-26-14-10-15-27-44)45-28-16-11-17-29-45)48(57)46-30-20-18-24-41(46)32-33-43(56)38-42-25-19-21-31-47(42)49(58)54(34-36-55)52(7,8)39-40-22-12-9-13-23-40/h9-31,55H,32-39H2,1-8H3. The lowest BCUT2D eigenvalue weighted by Gasteiger charge is -2.44. The Morgan fingerprint density at radius 2 is 1.05 bits per heavy atom. The highest BCUT2D eigenvalue weighted by Crippen LogP contribution is 2.37. The lowest BCUT2D eigenvalue weighted by Crippen LogP contribution is -2.67. The number of carbonyl (C=O) groups excluding carboxylic acids is 3. The van der Waals surface area contributed by atoms with Crippen molar-refractivity contribution in [3.63, 3.8) is 0 Å². The van der Waals surface area contributed by atoms with Gasteiger partial charge in [-0.05, 0) is 91.7 Å². The number of aryl methyl sites for hydroxylation is 1. The van der Waals surface area contributed by atoms with Crippen LogP contribution in [0.1, 0.15) is 99.2 Å². The lowest BCUT2D eigenvalue weighted by atomic mass is 9.91. The maximum atomic E-state index is 14.6. The third-order valence-electron chi connectivity index (χ3n) is 11.4. The van der Waals surface area contributed by atoms with E-state index in [1.807, 2.05) is 124 Å². The number of hydrogen-bond donors (Lipinski definition) is 1. The molecule has 60 heavy (non-hydrogen) atoms. The van der Waals surface area contributed by atoms with Crippen LogP contribution in [0, 0.1) is 0 Å². The molecule has 2 amide bonds. The van der Waals surface area contributed by atoms with E-state index in [0.717, 1.165) is 11.1 Å². The molecule has 0 saturated carbocycles. The van der Waals surface area contributed by atoms with Gasteiger partial charge in [-0.15, -0.1) is 0 Å². The minimum Gasteiger partial charge on any atom is -0.406 e. The van der Waals surface area contributed by atoms with E-state index in [0.29, 0.717) is 42.7 Å². The van der Waals surface area contributed by atoms with E-state index < -0.39 is 19.4 Å². The van der Waals surface area contributed by atoms with Gasteiger partial charge in [0.05, 0.1) is 13.2 Å². The lowest BCUT2D eigenvalue weighted by molar-refractivity contribution is -0.118. The average Bonchev–Trinajstić information content (AvgIpc) is 3.22. The third kappa shape index (κ3) is 11.0. The van der Waals surface area contributed by atoms with E-state index in [-0.39, 0.29) is 48.6 Å². The van der Waals surface area contributed by atoms with Crippen molar-refractivity contribution in [2.75, 3.05) is 26.3 Å². The van der Waals surface area contributed by atoms with Gasteiger partial charge in [-0.25, -0.2) is 0 Å². The molecule has 0 aromatic heterocycles. The van der Waals surface area contributed by atoms with Crippen LogP contribution in [0.25, 0.3) is 0 Å². The summed E-state index contributed by atoms with van der Waals surface area (Å²) >= 11 is 0. The highest BCUT2D eigenvalue weighted by atomic mass is 28.4. The van der Waals surface area contributed by atoms with Gasteiger partial charge in [0, 0.05) is 48.1 Å². The molecule has 0 atom stereocenters. The quantitative estimate of drug-likeness (QED) is 0.0895. The van der Waals surface area contributed by atoms with Crippen LogP contribution in [0.4, 0.5) is 0 Å². The molecule has 1 N–H and O–H groups in total. The highest BCUT2D eigenvalue weighted by Gasteiger charge is 2.50. The van der Waals surface area contributed by atoms with Crippen molar-refractivity contribution >= 4 is 36.3 Å². The Balaban J connectivity index is 1.32. The number of benzene rings is 5. The summed E-state index contributed by atoms with van der Waals surface area (Å²) in [5.41, 5.74) is 2.47. The number of nitrogens with zero attached hydrogens (tertiary/aromatic N) is 2. The smallest absolute Gasteiger partial charge is 0.261 e. The largest absolute Gasteiger partial charge is 0.406 e. The van der Waals surface area contributed by atoms with Gasteiger partial charge >= 0.3 is 0 Å². The van der Waals surface area contributed by atoms with Gasteiger partial charge in [0.25, 0.3) is 20.1 Å². The Hall–Kier alpha value is -5.15. The molecule has 0 aliphatic heterocycles. The van der Waals surface area contributed by atoms with E-state index in [9.17, 15) is 19.5 Å². The molecule has 5 rings (SSSR count). The van der Waals surface area contributed by atoms with Gasteiger partial charge < -0.3 is 19.3 Å². The Morgan fingerprint density at radius 1 is 0.583 bits per heavy atom. The van der Waals surface area contributed by atoms with Crippen LogP contribution in [0.3, 0.4) is 0 Å². The summed E-state index contributed by atoms with van der Waals surface area (Å²) in [6.07, 6.45) is 1.28. The number of hydrogen-bond acceptors (Lipinski definition) is 5. The van der Waals surface area contributed by atoms with Gasteiger partial charge in [-0.1, -0.05) is 148 Å². The van der Waals surface area contributed by atoms with Crippen LogP contribution in [0.15, 0.2) is 140 Å². The SMILES string of the molecule is CC(C)(C)N(CCO[Si](c1ccccc1)(c1ccccc1)C(C)(C)C)C(=O)c1ccccc1CCC(=O)Cc1ccccc1C(=O)N(CCO)C(C)(C)Cc1ccccc1. The van der Waals surface area contributed by atoms with Crippen LogP contribution >= 0.6 is 0 Å². The summed E-state index contributed by atoms with van der Waals surface area (Å²) in [5, 5.41) is 12.2. The first-order chi connectivity index (χ1) is 28.5. The summed E-state index contributed by atoms with van der Waals surface area (Å²) < 4.78 is 7.20. The Kier molecular flexibility index (Phi) is 15.3. The molecule has 0 aliphatic rings. The zero-order valence-electron chi connectivity index (χ0n) is 36.9. The number of ketones is 1. The topological polar surface area (TPSA) is 87.2 Å². The fraction of sp³-hybridized carbons (Fsp3) is 0.365. The van der Waals surface area contributed by atoms with E-state index >= 15 is 0 Å². The summed E-state index contributed by atoms with van der Waals surface area (Å²) in [6.45, 7) is 17.6. The monoisotopic (exact) mass is 824 g/mol. The number of β-amino-alcohol motifs (C(OH)–C–C–N with tert-alkyl or cyclic N) is 1. The predicted molar refractivity (Wildman–Crippen MR) is 247 cm³/mol. The Labute approximate surface area is 359 Å². The van der Waals surface area contributed by atoms with Gasteiger partial charge in [0.15, 0.2) is 0 Å². The molecule has 0 spiro atoms. The minimum absolute atomic E-state index is 0.0267. The molecule has 0 bridgehead atoms. The van der Waals surface area contributed by atoms with Crippen LogP contribution in [0.2, 0.25) is 5.04 Å². The molecule has 316 valence electrons. The number of aliphatic hydroxyl groups excluding tert-OH is 1. The number of Topliss-reactive ketones (excluding diaryl/α,β-unsaturated/α-hetero) is 1. The second-order valence-electron chi connectivity index (χ2n) is 18.3. The number of aliphatic hydroxyl groups is 1. The molecule has 0 unspecified atom stereocenters. The Morgan fingerprint density at radius 3 is 1.57 bits per heavy atom. The fourth-order valence-corrected chi connectivity index (χ4v) is 13.0. The molecule has 0 heterocycles. The maximum Gasteiger partial charge on any atom is 0.261 e. The van der Waals surface area contributed by atoms with Gasteiger partial charge in [0.1, 0.15) is 5.78 Å². The molecule has 0 fully saturated rings. The minimum atomic E-state index is -2.82. The van der Waals surface area contributed by atoms with Crippen LogP contribution in [0.5, 0.6) is 0 Å². The maximum absolute atomic E-state index is 14.6. The molecule has 5 aromatic rings. The van der Waals surface area contributed by atoms with Gasteiger partial charge in [-0.2, -0.15) is 0 Å². The van der Waals surface area contributed by atoms with Crippen LogP contribution in [-0.2, 0) is 28.5 Å². The number of rotatable bonds is 18. The van der Waals surface area contributed by atoms with Crippen molar-refractivity contribution in [2.45, 2.75) is 97.2 Å². The number of amides is 2. The molecule has 0 saturated heterocycles. The van der Waals surface area contributed by atoms with Crippen LogP contribution in [-0.4, -0.2) is 78.2 Å². The first-order valence-electron chi connectivity index (χ1n) is 21.2. The zero-order valence-corrected chi connectivity index (χ0v) is 37.9. The molecule has 8 heteroatoms. The van der Waals surface area contributed by atoms with Gasteiger partial charge in [0.2, 0.25) is 0 Å². The van der Waals surface area contributed by atoms with Crippen molar-refractivity contribution in [1.29, 1.82) is 0 Å². The molecule has 7 nitrogen and oxygen atoms in total. The summed E-state index contributed by atoms with van der Waals surface area (Å²) in [5.74, 6) is -0.346. The van der Waals surface area contributed by atoms with Crippen molar-refractivity contribution in [1.82, 2.24) is 9.80 Å². The second-order valence-corrected chi connectivity index (χ2v) is 22.6. The molecule has 0 radical (unpaired) electrons. The normalized spacial score (nSPS) is 12.2. The van der Waals surface area contributed by atoms with E-state index in [1.54, 1.807) is 11.0 Å².